The maximum Gasteiger partial charge on any atom is 0.203 e. The minimum absolute atomic E-state index is 0.490. The van der Waals surface area contributed by atoms with Crippen LogP contribution in [0, 0.1) is 11.8 Å². The van der Waals surface area contributed by atoms with Gasteiger partial charge in [0, 0.05) is 24.5 Å². The molecule has 3 rings (SSSR count). The quantitative estimate of drug-likeness (QED) is 0.824. The molecule has 1 aromatic heterocycles. The first kappa shape index (κ1) is 10.2. The second-order valence-electron chi connectivity index (χ2n) is 5.60. The van der Waals surface area contributed by atoms with E-state index in [-0.39, 0.29) is 0 Å². The van der Waals surface area contributed by atoms with Crippen molar-refractivity contribution < 1.29 is 0 Å². The molecular weight excluding hydrogens is 198 g/mol. The lowest BCUT2D eigenvalue weighted by atomic mass is 10.1. The van der Waals surface area contributed by atoms with Gasteiger partial charge in [0.1, 0.15) is 0 Å². The zero-order chi connectivity index (χ0) is 11.1. The highest BCUT2D eigenvalue weighted by Gasteiger charge is 2.41. The molecule has 16 heavy (non-hydrogen) atoms. The highest BCUT2D eigenvalue weighted by Crippen LogP contribution is 2.45. The van der Waals surface area contributed by atoms with Gasteiger partial charge in [-0.2, -0.15) is 0 Å². The lowest BCUT2D eigenvalue weighted by Gasteiger charge is -2.20. The van der Waals surface area contributed by atoms with Gasteiger partial charge in [-0.1, -0.05) is 0 Å². The Labute approximate surface area is 97.3 Å². The van der Waals surface area contributed by atoms with Crippen molar-refractivity contribution in [3.05, 3.63) is 12.4 Å². The fourth-order valence-corrected chi connectivity index (χ4v) is 2.52. The van der Waals surface area contributed by atoms with E-state index < -0.39 is 0 Å². The molecule has 1 aromatic rings. The summed E-state index contributed by atoms with van der Waals surface area (Å²) < 4.78 is 2.23. The first-order valence-electron chi connectivity index (χ1n) is 6.55. The number of hydrogen-bond donors (Lipinski definition) is 1. The van der Waals surface area contributed by atoms with Crippen LogP contribution in [0.3, 0.4) is 0 Å². The Balaban J connectivity index is 1.73. The van der Waals surface area contributed by atoms with Gasteiger partial charge in [0.15, 0.2) is 0 Å². The van der Waals surface area contributed by atoms with Crippen LogP contribution in [0.4, 0.5) is 5.95 Å². The Hall–Kier alpha value is -0.990. The second kappa shape index (κ2) is 3.79. The molecule has 3 nitrogen and oxygen atoms in total. The summed E-state index contributed by atoms with van der Waals surface area (Å²) in [5, 5.41) is 3.68. The number of hydrogen-bond acceptors (Lipinski definition) is 2. The smallest absolute Gasteiger partial charge is 0.203 e. The Morgan fingerprint density at radius 1 is 1.25 bits per heavy atom. The number of aromatic nitrogens is 2. The number of nitrogens with zero attached hydrogens (tertiary/aromatic N) is 2. The van der Waals surface area contributed by atoms with E-state index in [1.54, 1.807) is 0 Å². The van der Waals surface area contributed by atoms with Crippen molar-refractivity contribution in [1.29, 1.82) is 0 Å². The maximum atomic E-state index is 4.45. The van der Waals surface area contributed by atoms with Gasteiger partial charge in [0.05, 0.1) is 0 Å². The Morgan fingerprint density at radius 2 is 1.88 bits per heavy atom. The van der Waals surface area contributed by atoms with Gasteiger partial charge >= 0.3 is 0 Å². The third-order valence-electron chi connectivity index (χ3n) is 3.78. The summed E-state index contributed by atoms with van der Waals surface area (Å²) in [7, 11) is 0. The largest absolute Gasteiger partial charge is 0.352 e. The van der Waals surface area contributed by atoms with Crippen LogP contribution in [-0.2, 0) is 0 Å². The van der Waals surface area contributed by atoms with E-state index in [2.05, 4.69) is 34.9 Å². The summed E-state index contributed by atoms with van der Waals surface area (Å²) in [5.74, 6) is 2.91. The van der Waals surface area contributed by atoms with Crippen LogP contribution in [0.25, 0.3) is 0 Å². The average Bonchev–Trinajstić information content (AvgIpc) is 3.14. The molecule has 0 saturated heterocycles. The van der Waals surface area contributed by atoms with Gasteiger partial charge in [-0.3, -0.25) is 0 Å². The van der Waals surface area contributed by atoms with Crippen LogP contribution in [0.5, 0.6) is 0 Å². The summed E-state index contributed by atoms with van der Waals surface area (Å²) >= 11 is 0. The molecule has 0 bridgehead atoms. The van der Waals surface area contributed by atoms with Gasteiger partial charge in [-0.15, -0.1) is 0 Å². The van der Waals surface area contributed by atoms with Gasteiger partial charge in [-0.05, 0) is 51.4 Å². The van der Waals surface area contributed by atoms with Crippen LogP contribution in [0.15, 0.2) is 12.4 Å². The first-order chi connectivity index (χ1) is 7.75. The summed E-state index contributed by atoms with van der Waals surface area (Å²) in [6.07, 6.45) is 9.63. The average molecular weight is 219 g/mol. The molecule has 2 aliphatic carbocycles. The van der Waals surface area contributed by atoms with Crippen molar-refractivity contribution in [1.82, 2.24) is 9.55 Å². The third-order valence-corrected chi connectivity index (χ3v) is 3.78. The molecule has 0 amide bonds. The minimum Gasteiger partial charge on any atom is -0.352 e. The number of rotatable bonds is 5. The van der Waals surface area contributed by atoms with Crippen molar-refractivity contribution in [3.8, 4) is 0 Å². The molecule has 2 fully saturated rings. The molecule has 0 spiro atoms. The summed E-state index contributed by atoms with van der Waals surface area (Å²) in [5.41, 5.74) is 0. The summed E-state index contributed by atoms with van der Waals surface area (Å²) in [6, 6.07) is 1.18. The van der Waals surface area contributed by atoms with Crippen molar-refractivity contribution in [2.24, 2.45) is 11.8 Å². The number of nitrogens with one attached hydrogen (secondary N) is 1. The number of anilines is 1. The molecule has 0 radical (unpaired) electrons. The fraction of sp³-hybridized carbons (Fsp3) is 0.769. The molecule has 0 aliphatic heterocycles. The Morgan fingerprint density at radius 3 is 2.38 bits per heavy atom. The van der Waals surface area contributed by atoms with E-state index in [1.807, 2.05) is 6.20 Å². The van der Waals surface area contributed by atoms with Crippen LogP contribution in [0.1, 0.15) is 45.6 Å². The van der Waals surface area contributed by atoms with Crippen LogP contribution >= 0.6 is 0 Å². The summed E-state index contributed by atoms with van der Waals surface area (Å²) in [4.78, 5) is 4.45. The predicted molar refractivity (Wildman–Crippen MR) is 65.5 cm³/mol. The van der Waals surface area contributed by atoms with Crippen LogP contribution in [-0.4, -0.2) is 15.6 Å². The van der Waals surface area contributed by atoms with Gasteiger partial charge in [0.25, 0.3) is 0 Å². The molecule has 88 valence electrons. The lowest BCUT2D eigenvalue weighted by Crippen LogP contribution is -2.26. The van der Waals surface area contributed by atoms with Crippen LogP contribution in [0.2, 0.25) is 0 Å². The number of imidazole rings is 1. The highest BCUT2D eigenvalue weighted by atomic mass is 15.2. The van der Waals surface area contributed by atoms with E-state index in [0.29, 0.717) is 12.1 Å². The minimum atomic E-state index is 0.490. The Kier molecular flexibility index (Phi) is 2.41. The normalized spacial score (nSPS) is 20.8. The van der Waals surface area contributed by atoms with E-state index in [4.69, 9.17) is 0 Å². The predicted octanol–water partition coefficient (Wildman–Crippen LogP) is 3.06. The summed E-state index contributed by atoms with van der Waals surface area (Å²) in [6.45, 7) is 4.41. The van der Waals surface area contributed by atoms with Gasteiger partial charge in [-0.25, -0.2) is 4.98 Å². The van der Waals surface area contributed by atoms with Crippen molar-refractivity contribution in [2.45, 2.75) is 51.6 Å². The topological polar surface area (TPSA) is 29.9 Å². The van der Waals surface area contributed by atoms with E-state index in [0.717, 1.165) is 17.8 Å². The first-order valence-corrected chi connectivity index (χ1v) is 6.55. The highest BCUT2D eigenvalue weighted by molar-refractivity contribution is 5.30. The third kappa shape index (κ3) is 1.95. The van der Waals surface area contributed by atoms with Crippen molar-refractivity contribution in [2.75, 3.05) is 5.32 Å². The van der Waals surface area contributed by atoms with E-state index in [9.17, 15) is 0 Å². The SMILES string of the molecule is CC(C)n1ccnc1NC(C1CC1)C1CC1. The van der Waals surface area contributed by atoms with Crippen molar-refractivity contribution in [3.63, 3.8) is 0 Å². The monoisotopic (exact) mass is 219 g/mol. The molecule has 1 heterocycles. The standard InChI is InChI=1S/C13H21N3/c1-9(2)16-8-7-14-13(16)15-12(10-3-4-10)11-5-6-11/h7-12H,3-6H2,1-2H3,(H,14,15). The molecule has 0 atom stereocenters. The molecule has 2 aliphatic rings. The molecule has 0 unspecified atom stereocenters. The Bertz CT molecular complexity index is 349. The second-order valence-corrected chi connectivity index (χ2v) is 5.60. The maximum absolute atomic E-state index is 4.45. The van der Waals surface area contributed by atoms with E-state index >= 15 is 0 Å². The molecule has 1 N–H and O–H groups in total. The van der Waals surface area contributed by atoms with Gasteiger partial charge in [0.2, 0.25) is 5.95 Å². The molecular formula is C13H21N3. The van der Waals surface area contributed by atoms with Crippen LogP contribution < -0.4 is 5.32 Å². The van der Waals surface area contributed by atoms with E-state index in [1.165, 1.54) is 25.7 Å². The molecule has 3 heteroatoms. The zero-order valence-electron chi connectivity index (χ0n) is 10.2. The molecule has 0 aromatic carbocycles. The fourth-order valence-electron chi connectivity index (χ4n) is 2.52. The molecule has 2 saturated carbocycles. The lowest BCUT2D eigenvalue weighted by molar-refractivity contribution is 0.543. The van der Waals surface area contributed by atoms with Gasteiger partial charge < -0.3 is 9.88 Å². The zero-order valence-corrected chi connectivity index (χ0v) is 10.2. The van der Waals surface area contributed by atoms with Crippen molar-refractivity contribution >= 4 is 5.95 Å².